The van der Waals surface area contributed by atoms with Crippen molar-refractivity contribution in [3.63, 3.8) is 0 Å². The predicted octanol–water partition coefficient (Wildman–Crippen LogP) is 3.47. The van der Waals surface area contributed by atoms with Crippen molar-refractivity contribution in [3.8, 4) is 0 Å². The molecule has 3 rings (SSSR count). The van der Waals surface area contributed by atoms with Crippen LogP contribution in [-0.2, 0) is 21.4 Å². The zero-order chi connectivity index (χ0) is 18.7. The second-order valence-corrected chi connectivity index (χ2v) is 8.25. The maximum atomic E-state index is 13.2. The summed E-state index contributed by atoms with van der Waals surface area (Å²) in [5.74, 6) is -0.598. The van der Waals surface area contributed by atoms with Crippen molar-refractivity contribution in [3.05, 3.63) is 58.9 Å². The molecule has 8 heteroatoms. The summed E-state index contributed by atoms with van der Waals surface area (Å²) in [6.07, 6.45) is 2.38. The van der Waals surface area contributed by atoms with Gasteiger partial charge in [0.2, 0.25) is 15.9 Å². The van der Waals surface area contributed by atoms with Crippen molar-refractivity contribution in [2.24, 2.45) is 0 Å². The van der Waals surface area contributed by atoms with Gasteiger partial charge >= 0.3 is 0 Å². The molecule has 0 aliphatic carbocycles. The molecule has 138 valence electrons. The monoisotopic (exact) mass is 396 g/mol. The Hall–Kier alpha value is -1.96. The summed E-state index contributed by atoms with van der Waals surface area (Å²) in [4.78, 5) is 13.7. The Kier molecular flexibility index (Phi) is 5.60. The van der Waals surface area contributed by atoms with E-state index in [4.69, 9.17) is 11.6 Å². The molecule has 26 heavy (non-hydrogen) atoms. The molecule has 2 aromatic rings. The highest BCUT2D eigenvalue weighted by Gasteiger charge is 2.20. The fourth-order valence-corrected chi connectivity index (χ4v) is 4.11. The number of hydrogen-bond acceptors (Lipinski definition) is 3. The van der Waals surface area contributed by atoms with E-state index in [-0.39, 0.29) is 22.4 Å². The Morgan fingerprint density at radius 2 is 1.96 bits per heavy atom. The van der Waals surface area contributed by atoms with Gasteiger partial charge in [-0.05, 0) is 48.7 Å². The van der Waals surface area contributed by atoms with Gasteiger partial charge in [-0.15, -0.1) is 0 Å². The Labute approximate surface area is 156 Å². The van der Waals surface area contributed by atoms with Gasteiger partial charge in [-0.1, -0.05) is 23.7 Å². The van der Waals surface area contributed by atoms with Gasteiger partial charge in [0.1, 0.15) is 5.82 Å². The molecule has 1 saturated heterocycles. The van der Waals surface area contributed by atoms with Crippen LogP contribution < -0.4 is 9.62 Å². The maximum Gasteiger partial charge on any atom is 0.240 e. The van der Waals surface area contributed by atoms with E-state index in [1.54, 1.807) is 23.1 Å². The van der Waals surface area contributed by atoms with Crippen LogP contribution in [0.2, 0.25) is 5.02 Å². The Morgan fingerprint density at radius 1 is 1.15 bits per heavy atom. The van der Waals surface area contributed by atoms with Crippen molar-refractivity contribution >= 4 is 33.2 Å². The number of carbonyl (C=O) groups is 1. The van der Waals surface area contributed by atoms with Crippen LogP contribution in [-0.4, -0.2) is 20.9 Å². The van der Waals surface area contributed by atoms with Crippen LogP contribution in [0.1, 0.15) is 24.8 Å². The van der Waals surface area contributed by atoms with Crippen LogP contribution in [0.3, 0.4) is 0 Å². The smallest absolute Gasteiger partial charge is 0.240 e. The molecule has 1 aliphatic rings. The fraction of sp³-hybridized carbons (Fsp3) is 0.278. The topological polar surface area (TPSA) is 66.5 Å². The van der Waals surface area contributed by atoms with Gasteiger partial charge in [-0.25, -0.2) is 17.5 Å². The van der Waals surface area contributed by atoms with Crippen molar-refractivity contribution in [1.82, 2.24) is 4.72 Å². The second-order valence-electron chi connectivity index (χ2n) is 6.07. The van der Waals surface area contributed by atoms with E-state index in [1.807, 2.05) is 6.07 Å². The third-order valence-electron chi connectivity index (χ3n) is 4.21. The van der Waals surface area contributed by atoms with E-state index in [0.29, 0.717) is 13.0 Å². The first-order chi connectivity index (χ1) is 12.4. The van der Waals surface area contributed by atoms with Gasteiger partial charge in [0, 0.05) is 25.2 Å². The third-order valence-corrected chi connectivity index (χ3v) is 5.90. The summed E-state index contributed by atoms with van der Waals surface area (Å²) in [5.41, 5.74) is 1.48. The van der Waals surface area contributed by atoms with Gasteiger partial charge < -0.3 is 4.90 Å². The number of amides is 1. The van der Waals surface area contributed by atoms with Crippen LogP contribution in [0, 0.1) is 5.82 Å². The number of benzene rings is 2. The van der Waals surface area contributed by atoms with Crippen molar-refractivity contribution in [2.75, 3.05) is 11.4 Å². The fourth-order valence-electron chi connectivity index (χ4n) is 2.82. The summed E-state index contributed by atoms with van der Waals surface area (Å²) in [7, 11) is -3.83. The minimum Gasteiger partial charge on any atom is -0.312 e. The van der Waals surface area contributed by atoms with E-state index < -0.39 is 15.8 Å². The highest BCUT2D eigenvalue weighted by atomic mass is 35.5. The van der Waals surface area contributed by atoms with E-state index >= 15 is 0 Å². The molecule has 1 N–H and O–H groups in total. The van der Waals surface area contributed by atoms with Gasteiger partial charge in [0.25, 0.3) is 0 Å². The summed E-state index contributed by atoms with van der Waals surface area (Å²) >= 11 is 5.65. The van der Waals surface area contributed by atoms with E-state index in [2.05, 4.69) is 4.72 Å². The quantitative estimate of drug-likeness (QED) is 0.841. The molecule has 1 aliphatic heterocycles. The molecule has 0 unspecified atom stereocenters. The number of hydrogen-bond donors (Lipinski definition) is 1. The molecule has 5 nitrogen and oxygen atoms in total. The van der Waals surface area contributed by atoms with Crippen LogP contribution in [0.15, 0.2) is 47.4 Å². The highest BCUT2D eigenvalue weighted by molar-refractivity contribution is 7.89. The maximum absolute atomic E-state index is 13.2. The summed E-state index contributed by atoms with van der Waals surface area (Å²) in [6.45, 7) is 0.718. The zero-order valence-corrected chi connectivity index (χ0v) is 15.5. The van der Waals surface area contributed by atoms with Gasteiger partial charge in [-0.3, -0.25) is 4.79 Å². The SMILES string of the molecule is O=C1CCCCN1c1cccc(CNS(=O)(=O)c2ccc(F)c(Cl)c2)c1. The Balaban J connectivity index is 1.74. The van der Waals surface area contributed by atoms with Gasteiger partial charge in [0.15, 0.2) is 0 Å². The van der Waals surface area contributed by atoms with E-state index in [1.165, 1.54) is 0 Å². The molecule has 0 saturated carbocycles. The molecular weight excluding hydrogens is 379 g/mol. The molecule has 0 aromatic heterocycles. The highest BCUT2D eigenvalue weighted by Crippen LogP contribution is 2.23. The largest absolute Gasteiger partial charge is 0.312 e. The van der Waals surface area contributed by atoms with Crippen LogP contribution >= 0.6 is 11.6 Å². The molecule has 1 heterocycles. The van der Waals surface area contributed by atoms with Crippen LogP contribution in [0.4, 0.5) is 10.1 Å². The second kappa shape index (κ2) is 7.73. The molecule has 0 atom stereocenters. The average Bonchev–Trinajstić information content (AvgIpc) is 2.63. The van der Waals surface area contributed by atoms with Crippen molar-refractivity contribution in [2.45, 2.75) is 30.7 Å². The number of nitrogens with zero attached hydrogens (tertiary/aromatic N) is 1. The standard InChI is InChI=1S/C18H18ClFN2O3S/c19-16-11-15(7-8-17(16)20)26(24,25)21-12-13-4-3-5-14(10-13)22-9-2-1-6-18(22)23/h3-5,7-8,10-11,21H,1-2,6,9,12H2. The number of carbonyl (C=O) groups excluding carboxylic acids is 1. The molecule has 0 radical (unpaired) electrons. The minimum atomic E-state index is -3.83. The molecule has 0 spiro atoms. The number of nitrogens with one attached hydrogen (secondary N) is 1. The summed E-state index contributed by atoms with van der Waals surface area (Å²) < 4.78 is 40.4. The lowest BCUT2D eigenvalue weighted by Gasteiger charge is -2.27. The first kappa shape index (κ1) is 18.8. The van der Waals surface area contributed by atoms with Crippen molar-refractivity contribution in [1.29, 1.82) is 0 Å². The molecule has 0 bridgehead atoms. The van der Waals surface area contributed by atoms with E-state index in [0.717, 1.165) is 42.3 Å². The summed E-state index contributed by atoms with van der Waals surface area (Å²) in [5, 5.41) is -0.251. The number of piperidine rings is 1. The molecule has 1 fully saturated rings. The first-order valence-electron chi connectivity index (χ1n) is 8.21. The van der Waals surface area contributed by atoms with Gasteiger partial charge in [-0.2, -0.15) is 0 Å². The zero-order valence-electron chi connectivity index (χ0n) is 13.9. The summed E-state index contributed by atoms with van der Waals surface area (Å²) in [6, 6.07) is 10.4. The predicted molar refractivity (Wildman–Crippen MR) is 98.1 cm³/mol. The lowest BCUT2D eigenvalue weighted by Crippen LogP contribution is -2.35. The number of anilines is 1. The average molecular weight is 397 g/mol. The molecule has 1 amide bonds. The van der Waals surface area contributed by atoms with E-state index in [9.17, 15) is 17.6 Å². The van der Waals surface area contributed by atoms with Crippen molar-refractivity contribution < 1.29 is 17.6 Å². The number of rotatable bonds is 5. The first-order valence-corrected chi connectivity index (χ1v) is 10.1. The van der Waals surface area contributed by atoms with Crippen LogP contribution in [0.5, 0.6) is 0 Å². The lowest BCUT2D eigenvalue weighted by atomic mass is 10.1. The Bertz CT molecular complexity index is 934. The Morgan fingerprint density at radius 3 is 2.69 bits per heavy atom. The van der Waals surface area contributed by atoms with Crippen LogP contribution in [0.25, 0.3) is 0 Å². The van der Waals surface area contributed by atoms with Gasteiger partial charge in [0.05, 0.1) is 9.92 Å². The molecule has 2 aromatic carbocycles. The minimum absolute atomic E-state index is 0.0488. The number of sulfonamides is 1. The normalized spacial score (nSPS) is 15.3. The lowest BCUT2D eigenvalue weighted by molar-refractivity contribution is -0.119. The third kappa shape index (κ3) is 4.23. The molecular formula is C18H18ClFN2O3S. The number of halogens is 2.